The van der Waals surface area contributed by atoms with E-state index in [1.54, 1.807) is 24.3 Å². The van der Waals surface area contributed by atoms with Crippen LogP contribution in [0.4, 0.5) is 0 Å². The molecule has 0 bridgehead atoms. The van der Waals surface area contributed by atoms with E-state index >= 15 is 0 Å². The van der Waals surface area contributed by atoms with Crippen LogP contribution in [0.25, 0.3) is 0 Å². The third-order valence-corrected chi connectivity index (χ3v) is 4.09. The Bertz CT molecular complexity index is 360. The highest BCUT2D eigenvalue weighted by Crippen LogP contribution is 2.15. The van der Waals surface area contributed by atoms with Crippen LogP contribution in [0.3, 0.4) is 0 Å². The minimum atomic E-state index is -0.212. The fourth-order valence-corrected chi connectivity index (χ4v) is 1.83. The molecule has 0 aliphatic rings. The number of alkyl halides is 1. The monoisotopic (exact) mass is 303 g/mol. The van der Waals surface area contributed by atoms with Crippen LogP contribution >= 0.6 is 27.5 Å². The quantitative estimate of drug-likeness (QED) is 0.846. The zero-order chi connectivity index (χ0) is 12.2. The van der Waals surface area contributed by atoms with Gasteiger partial charge in [0.15, 0.2) is 0 Å². The van der Waals surface area contributed by atoms with Crippen LogP contribution in [0, 0.1) is 0 Å². The van der Waals surface area contributed by atoms with E-state index in [0.29, 0.717) is 10.6 Å². The summed E-state index contributed by atoms with van der Waals surface area (Å²) in [6, 6.07) is 6.88. The topological polar surface area (TPSA) is 29.1 Å². The maximum atomic E-state index is 11.9. The molecule has 0 aromatic heterocycles. The number of benzene rings is 1. The standard InChI is InChI=1S/C12H15BrClNO/c1-3-12(2,8-13)15-11(16)9-4-6-10(14)7-5-9/h4-7H,3,8H2,1-2H3,(H,15,16). The van der Waals surface area contributed by atoms with Gasteiger partial charge in [-0.25, -0.2) is 0 Å². The van der Waals surface area contributed by atoms with Crippen LogP contribution in [0.1, 0.15) is 30.6 Å². The summed E-state index contributed by atoms with van der Waals surface area (Å²) in [6.45, 7) is 4.05. The lowest BCUT2D eigenvalue weighted by molar-refractivity contribution is 0.0913. The van der Waals surface area contributed by atoms with Crippen molar-refractivity contribution in [2.75, 3.05) is 5.33 Å². The van der Waals surface area contributed by atoms with Crippen molar-refractivity contribution in [2.24, 2.45) is 0 Å². The number of halogens is 2. The first-order valence-corrected chi connectivity index (χ1v) is 6.65. The molecule has 0 aliphatic carbocycles. The molecule has 0 saturated carbocycles. The Morgan fingerprint density at radius 2 is 2.00 bits per heavy atom. The highest BCUT2D eigenvalue weighted by Gasteiger charge is 2.23. The van der Waals surface area contributed by atoms with Gasteiger partial charge in [0.2, 0.25) is 0 Å². The Morgan fingerprint density at radius 3 is 2.44 bits per heavy atom. The van der Waals surface area contributed by atoms with E-state index in [2.05, 4.69) is 21.2 Å². The van der Waals surface area contributed by atoms with E-state index in [-0.39, 0.29) is 11.4 Å². The Labute approximate surface area is 110 Å². The molecular formula is C12H15BrClNO. The molecule has 1 amide bonds. The van der Waals surface area contributed by atoms with Crippen LogP contribution in [0.2, 0.25) is 5.02 Å². The number of hydrogen-bond acceptors (Lipinski definition) is 1. The van der Waals surface area contributed by atoms with Gasteiger partial charge in [0, 0.05) is 21.5 Å². The molecule has 0 saturated heterocycles. The molecule has 0 spiro atoms. The lowest BCUT2D eigenvalue weighted by atomic mass is 10.0. The van der Waals surface area contributed by atoms with Crippen molar-refractivity contribution >= 4 is 33.4 Å². The van der Waals surface area contributed by atoms with Gasteiger partial charge in [-0.3, -0.25) is 4.79 Å². The maximum Gasteiger partial charge on any atom is 0.251 e. The minimum absolute atomic E-state index is 0.0690. The van der Waals surface area contributed by atoms with E-state index in [0.717, 1.165) is 11.8 Å². The smallest absolute Gasteiger partial charge is 0.251 e. The number of nitrogens with one attached hydrogen (secondary N) is 1. The van der Waals surface area contributed by atoms with E-state index < -0.39 is 0 Å². The highest BCUT2D eigenvalue weighted by atomic mass is 79.9. The zero-order valence-electron chi connectivity index (χ0n) is 9.39. The van der Waals surface area contributed by atoms with Crippen molar-refractivity contribution in [1.29, 1.82) is 0 Å². The summed E-state index contributed by atoms with van der Waals surface area (Å²) >= 11 is 9.17. The van der Waals surface area contributed by atoms with E-state index in [9.17, 15) is 4.79 Å². The molecule has 1 aromatic carbocycles. The average molecular weight is 305 g/mol. The lowest BCUT2D eigenvalue weighted by Crippen LogP contribution is -2.46. The summed E-state index contributed by atoms with van der Waals surface area (Å²) in [5, 5.41) is 4.37. The van der Waals surface area contributed by atoms with Crippen molar-refractivity contribution in [2.45, 2.75) is 25.8 Å². The molecule has 0 fully saturated rings. The summed E-state index contributed by atoms with van der Waals surface area (Å²) in [4.78, 5) is 11.9. The zero-order valence-corrected chi connectivity index (χ0v) is 11.7. The molecule has 16 heavy (non-hydrogen) atoms. The van der Waals surface area contributed by atoms with Gasteiger partial charge in [-0.2, -0.15) is 0 Å². The fraction of sp³-hybridized carbons (Fsp3) is 0.417. The molecule has 1 atom stereocenters. The van der Waals surface area contributed by atoms with E-state index in [4.69, 9.17) is 11.6 Å². The summed E-state index contributed by atoms with van der Waals surface area (Å²) in [6.07, 6.45) is 0.873. The second-order valence-electron chi connectivity index (χ2n) is 4.01. The SMILES string of the molecule is CCC(C)(CBr)NC(=O)c1ccc(Cl)cc1. The molecule has 0 aliphatic heterocycles. The van der Waals surface area contributed by atoms with Crippen molar-refractivity contribution in [1.82, 2.24) is 5.32 Å². The molecule has 2 nitrogen and oxygen atoms in total. The number of carbonyl (C=O) groups is 1. The van der Waals surface area contributed by atoms with Crippen LogP contribution in [-0.2, 0) is 0 Å². The second kappa shape index (κ2) is 5.69. The largest absolute Gasteiger partial charge is 0.346 e. The highest BCUT2D eigenvalue weighted by molar-refractivity contribution is 9.09. The number of amides is 1. The number of hydrogen-bond donors (Lipinski definition) is 1. The summed E-state index contributed by atoms with van der Waals surface area (Å²) < 4.78 is 0. The van der Waals surface area contributed by atoms with Crippen LogP contribution in [0.15, 0.2) is 24.3 Å². The Kier molecular flexibility index (Phi) is 4.81. The summed E-state index contributed by atoms with van der Waals surface area (Å²) in [5.74, 6) is -0.0690. The van der Waals surface area contributed by atoms with Crippen LogP contribution in [-0.4, -0.2) is 16.8 Å². The molecule has 0 heterocycles. The summed E-state index contributed by atoms with van der Waals surface area (Å²) in [5.41, 5.74) is 0.418. The van der Waals surface area contributed by atoms with Gasteiger partial charge < -0.3 is 5.32 Å². The summed E-state index contributed by atoms with van der Waals surface area (Å²) in [7, 11) is 0. The van der Waals surface area contributed by atoms with Crippen molar-refractivity contribution < 1.29 is 4.79 Å². The Morgan fingerprint density at radius 1 is 1.44 bits per heavy atom. The lowest BCUT2D eigenvalue weighted by Gasteiger charge is -2.27. The van der Waals surface area contributed by atoms with Crippen molar-refractivity contribution in [3.63, 3.8) is 0 Å². The third-order valence-electron chi connectivity index (χ3n) is 2.60. The molecule has 0 radical (unpaired) electrons. The average Bonchev–Trinajstić information content (AvgIpc) is 2.29. The van der Waals surface area contributed by atoms with Gasteiger partial charge in [0.05, 0.1) is 0 Å². The van der Waals surface area contributed by atoms with Crippen molar-refractivity contribution in [3.05, 3.63) is 34.9 Å². The molecule has 88 valence electrons. The van der Waals surface area contributed by atoms with Gasteiger partial charge in [-0.15, -0.1) is 0 Å². The Balaban J connectivity index is 2.76. The van der Waals surface area contributed by atoms with E-state index in [1.807, 2.05) is 13.8 Å². The third kappa shape index (κ3) is 3.49. The predicted octanol–water partition coefficient (Wildman–Crippen LogP) is 3.63. The van der Waals surface area contributed by atoms with Gasteiger partial charge in [0.1, 0.15) is 0 Å². The first-order chi connectivity index (χ1) is 7.50. The number of carbonyl (C=O) groups excluding carboxylic acids is 1. The molecular weight excluding hydrogens is 289 g/mol. The second-order valence-corrected chi connectivity index (χ2v) is 5.01. The van der Waals surface area contributed by atoms with Crippen LogP contribution in [0.5, 0.6) is 0 Å². The van der Waals surface area contributed by atoms with Gasteiger partial charge >= 0.3 is 0 Å². The first-order valence-electron chi connectivity index (χ1n) is 5.15. The molecule has 1 rings (SSSR count). The molecule has 4 heteroatoms. The van der Waals surface area contributed by atoms with Gasteiger partial charge in [-0.1, -0.05) is 34.5 Å². The van der Waals surface area contributed by atoms with E-state index in [1.165, 1.54) is 0 Å². The fourth-order valence-electron chi connectivity index (χ4n) is 1.16. The molecule has 1 N–H and O–H groups in total. The minimum Gasteiger partial charge on any atom is -0.346 e. The molecule has 1 unspecified atom stereocenters. The maximum absolute atomic E-state index is 11.9. The normalized spacial score (nSPS) is 14.2. The van der Waals surface area contributed by atoms with Crippen molar-refractivity contribution in [3.8, 4) is 0 Å². The molecule has 1 aromatic rings. The number of rotatable bonds is 4. The van der Waals surface area contributed by atoms with Gasteiger partial charge in [-0.05, 0) is 37.6 Å². The first kappa shape index (κ1) is 13.5. The predicted molar refractivity (Wildman–Crippen MR) is 71.4 cm³/mol. The Hall–Kier alpha value is -0.540. The van der Waals surface area contributed by atoms with Gasteiger partial charge in [0.25, 0.3) is 5.91 Å². The van der Waals surface area contributed by atoms with Crippen LogP contribution < -0.4 is 5.32 Å².